The van der Waals surface area contributed by atoms with E-state index >= 15 is 0 Å². The van der Waals surface area contributed by atoms with Gasteiger partial charge in [0.05, 0.1) is 5.01 Å². The van der Waals surface area contributed by atoms with Crippen LogP contribution in [-0.2, 0) is 26.3 Å². The molecule has 4 rings (SSSR count). The van der Waals surface area contributed by atoms with Crippen molar-refractivity contribution < 1.29 is 21.6 Å². The first kappa shape index (κ1) is 26.5. The van der Waals surface area contributed by atoms with Crippen LogP contribution in [0.5, 0.6) is 0 Å². The van der Waals surface area contributed by atoms with Crippen LogP contribution < -0.4 is 5.32 Å². The predicted octanol–water partition coefficient (Wildman–Crippen LogP) is 4.14. The highest BCUT2D eigenvalue weighted by atomic mass is 32.3. The smallest absolute Gasteiger partial charge is 0.275 e. The highest BCUT2D eigenvalue weighted by Crippen LogP contribution is 2.32. The maximum absolute atomic E-state index is 13.0. The molecule has 8 nitrogen and oxygen atoms in total. The molecule has 1 aromatic heterocycles. The maximum Gasteiger partial charge on any atom is 0.275 e. The van der Waals surface area contributed by atoms with E-state index in [1.165, 1.54) is 21.2 Å². The number of sulfonamides is 1. The Bertz CT molecular complexity index is 1440. The lowest BCUT2D eigenvalue weighted by atomic mass is 9.99. The first-order chi connectivity index (χ1) is 17.1. The van der Waals surface area contributed by atoms with Gasteiger partial charge in [0.1, 0.15) is 5.69 Å². The summed E-state index contributed by atoms with van der Waals surface area (Å²) in [6.45, 7) is 2.57. The number of para-hydroxylation sites is 1. The Labute approximate surface area is 216 Å². The summed E-state index contributed by atoms with van der Waals surface area (Å²) in [4.78, 5) is 17.5. The fourth-order valence-electron chi connectivity index (χ4n) is 4.26. The van der Waals surface area contributed by atoms with Crippen molar-refractivity contribution in [2.24, 2.45) is 0 Å². The number of piperidine rings is 1. The number of anilines is 1. The van der Waals surface area contributed by atoms with E-state index in [1.807, 2.05) is 36.4 Å². The van der Waals surface area contributed by atoms with Gasteiger partial charge >= 0.3 is 0 Å². The van der Waals surface area contributed by atoms with Crippen molar-refractivity contribution in [2.45, 2.75) is 32.1 Å². The van der Waals surface area contributed by atoms with Gasteiger partial charge in [0.25, 0.3) is 5.91 Å². The Morgan fingerprint density at radius 2 is 1.72 bits per heavy atom. The van der Waals surface area contributed by atoms with E-state index in [9.17, 15) is 21.6 Å². The van der Waals surface area contributed by atoms with Crippen LogP contribution in [-0.4, -0.2) is 56.5 Å². The molecule has 0 unspecified atom stereocenters. The standard InChI is InChI=1S/C25H29N3O5S3/c1-3-18-8-10-19(11-9-18)21-6-4-5-7-22(21)26-24(29)23-16-34-25(27-23)20-12-14-28(15-13-20)36(32,33)17-35(2,30)31/h4-11,16,20H,3,12-15,17H2,1-2H3,(H,26,29). The summed E-state index contributed by atoms with van der Waals surface area (Å²) in [6.07, 6.45) is 2.92. The van der Waals surface area contributed by atoms with E-state index in [-0.39, 0.29) is 24.9 Å². The van der Waals surface area contributed by atoms with E-state index in [4.69, 9.17) is 0 Å². The lowest BCUT2D eigenvalue weighted by Crippen LogP contribution is -2.40. The van der Waals surface area contributed by atoms with Gasteiger partial charge in [-0.1, -0.05) is 49.4 Å². The zero-order valence-corrected chi connectivity index (χ0v) is 22.6. The quantitative estimate of drug-likeness (QED) is 0.454. The molecule has 11 heteroatoms. The Kier molecular flexibility index (Phi) is 7.93. The van der Waals surface area contributed by atoms with Crippen LogP contribution in [0.3, 0.4) is 0 Å². The van der Waals surface area contributed by atoms with E-state index in [2.05, 4.69) is 29.4 Å². The average Bonchev–Trinajstić information content (AvgIpc) is 3.34. The Morgan fingerprint density at radius 3 is 2.36 bits per heavy atom. The lowest BCUT2D eigenvalue weighted by Gasteiger charge is -2.30. The van der Waals surface area contributed by atoms with Gasteiger partial charge in [0, 0.05) is 41.9 Å². The molecule has 2 aromatic carbocycles. The van der Waals surface area contributed by atoms with Crippen LogP contribution in [0.25, 0.3) is 11.1 Å². The summed E-state index contributed by atoms with van der Waals surface area (Å²) in [5.41, 5.74) is 4.20. The van der Waals surface area contributed by atoms with Gasteiger partial charge in [0.2, 0.25) is 10.0 Å². The zero-order chi connectivity index (χ0) is 25.9. The molecule has 1 saturated heterocycles. The number of carbonyl (C=O) groups excluding carboxylic acids is 1. The number of hydrogen-bond donors (Lipinski definition) is 1. The molecule has 0 bridgehead atoms. The van der Waals surface area contributed by atoms with E-state index in [0.717, 1.165) is 28.8 Å². The predicted molar refractivity (Wildman–Crippen MR) is 144 cm³/mol. The number of aryl methyl sites for hydroxylation is 1. The minimum Gasteiger partial charge on any atom is -0.320 e. The third-order valence-corrected chi connectivity index (χ3v) is 11.2. The van der Waals surface area contributed by atoms with Crippen LogP contribution >= 0.6 is 11.3 Å². The van der Waals surface area contributed by atoms with Gasteiger partial charge in [-0.2, -0.15) is 0 Å². The van der Waals surface area contributed by atoms with Gasteiger partial charge in [-0.05, 0) is 36.5 Å². The first-order valence-corrected chi connectivity index (χ1v) is 16.2. The topological polar surface area (TPSA) is 114 Å². The van der Waals surface area contributed by atoms with Gasteiger partial charge in [-0.3, -0.25) is 4.79 Å². The Balaban J connectivity index is 1.42. The number of carbonyl (C=O) groups is 1. The molecule has 0 saturated carbocycles. The van der Waals surface area contributed by atoms with Crippen molar-refractivity contribution in [3.63, 3.8) is 0 Å². The van der Waals surface area contributed by atoms with E-state index < -0.39 is 24.9 Å². The third kappa shape index (κ3) is 6.39. The molecule has 192 valence electrons. The number of rotatable bonds is 8. The molecule has 2 heterocycles. The summed E-state index contributed by atoms with van der Waals surface area (Å²) < 4.78 is 48.8. The molecule has 1 N–H and O–H groups in total. The fraction of sp³-hybridized carbons (Fsp3) is 0.360. The van der Waals surface area contributed by atoms with Crippen LogP contribution in [0.4, 0.5) is 5.69 Å². The van der Waals surface area contributed by atoms with Crippen LogP contribution in [0.1, 0.15) is 46.7 Å². The van der Waals surface area contributed by atoms with Crippen LogP contribution in [0.2, 0.25) is 0 Å². The van der Waals surface area contributed by atoms with E-state index in [0.29, 0.717) is 24.2 Å². The van der Waals surface area contributed by atoms with Gasteiger partial charge in [-0.25, -0.2) is 26.1 Å². The van der Waals surface area contributed by atoms with E-state index in [1.54, 1.807) is 5.38 Å². The summed E-state index contributed by atoms with van der Waals surface area (Å²) in [5.74, 6) is -0.283. The molecule has 0 aliphatic carbocycles. The second-order valence-electron chi connectivity index (χ2n) is 8.95. The molecule has 0 spiro atoms. The molecule has 0 radical (unpaired) electrons. The first-order valence-electron chi connectivity index (χ1n) is 11.7. The number of nitrogens with zero attached hydrogens (tertiary/aromatic N) is 2. The van der Waals surface area contributed by atoms with Gasteiger partial charge in [0.15, 0.2) is 14.9 Å². The Morgan fingerprint density at radius 1 is 1.06 bits per heavy atom. The Hall–Kier alpha value is -2.60. The molecule has 1 fully saturated rings. The molecular weight excluding hydrogens is 518 g/mol. The minimum absolute atomic E-state index is 0.0191. The summed E-state index contributed by atoms with van der Waals surface area (Å²) in [5, 5.41) is 4.60. The van der Waals surface area contributed by atoms with Crippen molar-refractivity contribution in [3.05, 3.63) is 70.2 Å². The molecule has 1 aliphatic rings. The van der Waals surface area contributed by atoms with Crippen molar-refractivity contribution in [1.29, 1.82) is 0 Å². The maximum atomic E-state index is 13.0. The van der Waals surface area contributed by atoms with Crippen LogP contribution in [0, 0.1) is 0 Å². The second kappa shape index (κ2) is 10.8. The largest absolute Gasteiger partial charge is 0.320 e. The third-order valence-electron chi connectivity index (χ3n) is 6.16. The average molecular weight is 548 g/mol. The fourth-order valence-corrected chi connectivity index (χ4v) is 8.75. The highest BCUT2D eigenvalue weighted by Gasteiger charge is 2.32. The van der Waals surface area contributed by atoms with Gasteiger partial charge < -0.3 is 5.32 Å². The van der Waals surface area contributed by atoms with Crippen LogP contribution in [0.15, 0.2) is 53.9 Å². The summed E-state index contributed by atoms with van der Waals surface area (Å²) in [6, 6.07) is 15.9. The number of nitrogens with one attached hydrogen (secondary N) is 1. The SMILES string of the molecule is CCc1ccc(-c2ccccc2NC(=O)c2csc(C3CCN(S(=O)(=O)CS(C)(=O)=O)CC3)n2)cc1. The summed E-state index contributed by atoms with van der Waals surface area (Å²) in [7, 11) is -7.49. The zero-order valence-electron chi connectivity index (χ0n) is 20.2. The monoisotopic (exact) mass is 547 g/mol. The molecule has 36 heavy (non-hydrogen) atoms. The summed E-state index contributed by atoms with van der Waals surface area (Å²) >= 11 is 1.38. The molecule has 1 aliphatic heterocycles. The van der Waals surface area contributed by atoms with Gasteiger partial charge in [-0.15, -0.1) is 11.3 Å². The highest BCUT2D eigenvalue weighted by molar-refractivity contribution is 8.06. The number of amides is 1. The number of benzene rings is 2. The number of aromatic nitrogens is 1. The molecular formula is C25H29N3O5S3. The molecule has 3 aromatic rings. The molecule has 1 amide bonds. The number of hydrogen-bond acceptors (Lipinski definition) is 7. The van der Waals surface area contributed by atoms with Crippen molar-refractivity contribution in [1.82, 2.24) is 9.29 Å². The van der Waals surface area contributed by atoms with Crippen molar-refractivity contribution in [3.8, 4) is 11.1 Å². The lowest BCUT2D eigenvalue weighted by molar-refractivity contribution is 0.102. The molecule has 0 atom stereocenters. The number of sulfone groups is 1. The van der Waals surface area contributed by atoms with Crippen molar-refractivity contribution in [2.75, 3.05) is 29.7 Å². The normalized spacial score (nSPS) is 15.6. The second-order valence-corrected chi connectivity index (χ2v) is 14.3. The van der Waals surface area contributed by atoms with Crippen molar-refractivity contribution >= 4 is 42.8 Å². The minimum atomic E-state index is -3.86. The number of thiazole rings is 1.